The summed E-state index contributed by atoms with van der Waals surface area (Å²) in [6.07, 6.45) is 3.30. The minimum absolute atomic E-state index is 0.159. The van der Waals surface area contributed by atoms with E-state index in [1.807, 2.05) is 60.8 Å². The zero-order valence-electron chi connectivity index (χ0n) is 14.1. The number of amides is 1. The molecule has 132 valence electrons. The lowest BCUT2D eigenvalue weighted by molar-refractivity contribution is -0.111. The van der Waals surface area contributed by atoms with E-state index in [1.165, 1.54) is 6.08 Å². The van der Waals surface area contributed by atoms with Gasteiger partial charge in [0.25, 0.3) is 0 Å². The predicted octanol–water partition coefficient (Wildman–Crippen LogP) is 5.29. The van der Waals surface area contributed by atoms with Crippen LogP contribution in [-0.2, 0) is 11.4 Å². The lowest BCUT2D eigenvalue weighted by Crippen LogP contribution is -2.08. The summed E-state index contributed by atoms with van der Waals surface area (Å²) in [7, 11) is 0. The van der Waals surface area contributed by atoms with Gasteiger partial charge in [-0.05, 0) is 65.4 Å². The van der Waals surface area contributed by atoms with Gasteiger partial charge in [0.2, 0.25) is 5.91 Å². The van der Waals surface area contributed by atoms with Crippen LogP contribution in [0.1, 0.15) is 16.3 Å². The van der Waals surface area contributed by atoms with Crippen LogP contribution >= 0.6 is 33.9 Å². The number of halogens is 1. The standard InChI is InChI=1S/C20H17IN2O2S/c1-14-22-16(13-26-14)12-25-17-9-6-15(7-10-17)8-11-20(24)23-19-5-3-2-4-18(19)21/h2-11,13H,12H2,1H3,(H,23,24). The first-order chi connectivity index (χ1) is 12.6. The van der Waals surface area contributed by atoms with Gasteiger partial charge in [0, 0.05) is 15.0 Å². The van der Waals surface area contributed by atoms with Crippen molar-refractivity contribution in [2.45, 2.75) is 13.5 Å². The maximum atomic E-state index is 12.0. The van der Waals surface area contributed by atoms with E-state index in [0.29, 0.717) is 6.61 Å². The Kier molecular flexibility index (Phi) is 6.40. The van der Waals surface area contributed by atoms with Crippen molar-refractivity contribution < 1.29 is 9.53 Å². The first kappa shape index (κ1) is 18.6. The fourth-order valence-corrected chi connectivity index (χ4v) is 3.34. The van der Waals surface area contributed by atoms with E-state index in [1.54, 1.807) is 17.4 Å². The molecule has 1 amide bonds. The highest BCUT2D eigenvalue weighted by Gasteiger charge is 2.02. The third-order valence-corrected chi connectivity index (χ3v) is 5.26. The molecule has 0 spiro atoms. The number of hydrogen-bond acceptors (Lipinski definition) is 4. The zero-order chi connectivity index (χ0) is 18.4. The van der Waals surface area contributed by atoms with Crippen LogP contribution in [0.15, 0.2) is 60.0 Å². The Hall–Kier alpha value is -2.19. The Labute approximate surface area is 170 Å². The highest BCUT2D eigenvalue weighted by Crippen LogP contribution is 2.18. The average Bonchev–Trinajstić information content (AvgIpc) is 3.06. The Morgan fingerprint density at radius 2 is 2.00 bits per heavy atom. The van der Waals surface area contributed by atoms with E-state index < -0.39 is 0 Å². The van der Waals surface area contributed by atoms with Crippen LogP contribution in [0.25, 0.3) is 6.08 Å². The van der Waals surface area contributed by atoms with E-state index in [2.05, 4.69) is 32.9 Å². The second-order valence-corrected chi connectivity index (χ2v) is 7.74. The molecule has 0 atom stereocenters. The molecule has 0 aliphatic carbocycles. The molecule has 0 aliphatic rings. The summed E-state index contributed by atoms with van der Waals surface area (Å²) in [5.74, 6) is 0.615. The molecule has 1 heterocycles. The Morgan fingerprint density at radius 1 is 1.23 bits per heavy atom. The summed E-state index contributed by atoms with van der Waals surface area (Å²) < 4.78 is 6.72. The number of benzene rings is 2. The van der Waals surface area contributed by atoms with E-state index in [-0.39, 0.29) is 5.91 Å². The van der Waals surface area contributed by atoms with Gasteiger partial charge in [0.05, 0.1) is 16.4 Å². The van der Waals surface area contributed by atoms with Gasteiger partial charge in [-0.3, -0.25) is 4.79 Å². The monoisotopic (exact) mass is 476 g/mol. The van der Waals surface area contributed by atoms with Crippen LogP contribution in [0.4, 0.5) is 5.69 Å². The maximum Gasteiger partial charge on any atom is 0.248 e. The van der Waals surface area contributed by atoms with Crippen LogP contribution in [-0.4, -0.2) is 10.9 Å². The van der Waals surface area contributed by atoms with E-state index in [4.69, 9.17) is 4.74 Å². The number of nitrogens with one attached hydrogen (secondary N) is 1. The smallest absolute Gasteiger partial charge is 0.248 e. The summed E-state index contributed by atoms with van der Waals surface area (Å²) in [5.41, 5.74) is 2.67. The van der Waals surface area contributed by atoms with Crippen molar-refractivity contribution in [2.24, 2.45) is 0 Å². The molecular weight excluding hydrogens is 459 g/mol. The van der Waals surface area contributed by atoms with Gasteiger partial charge < -0.3 is 10.1 Å². The molecular formula is C20H17IN2O2S. The highest BCUT2D eigenvalue weighted by atomic mass is 127. The molecule has 0 saturated carbocycles. The number of carbonyl (C=O) groups is 1. The highest BCUT2D eigenvalue weighted by molar-refractivity contribution is 14.1. The van der Waals surface area contributed by atoms with E-state index in [9.17, 15) is 4.79 Å². The van der Waals surface area contributed by atoms with E-state index in [0.717, 1.165) is 31.3 Å². The number of rotatable bonds is 6. The number of thiazole rings is 1. The second kappa shape index (κ2) is 8.95. The number of nitrogens with zero attached hydrogens (tertiary/aromatic N) is 1. The van der Waals surface area contributed by atoms with Crippen molar-refractivity contribution >= 4 is 51.6 Å². The molecule has 0 fully saturated rings. The fourth-order valence-electron chi connectivity index (χ4n) is 2.22. The molecule has 0 aliphatic heterocycles. The average molecular weight is 476 g/mol. The van der Waals surface area contributed by atoms with Gasteiger partial charge in [-0.25, -0.2) is 4.98 Å². The molecule has 6 heteroatoms. The van der Waals surface area contributed by atoms with Crippen LogP contribution in [0.5, 0.6) is 5.75 Å². The van der Waals surface area contributed by atoms with Crippen LogP contribution in [0.3, 0.4) is 0 Å². The SMILES string of the molecule is Cc1nc(COc2ccc(C=CC(=O)Nc3ccccc3I)cc2)cs1. The largest absolute Gasteiger partial charge is 0.487 e. The maximum absolute atomic E-state index is 12.0. The Balaban J connectivity index is 1.54. The molecule has 0 radical (unpaired) electrons. The predicted molar refractivity (Wildman–Crippen MR) is 114 cm³/mol. The molecule has 1 aromatic heterocycles. The van der Waals surface area contributed by atoms with Gasteiger partial charge in [-0.2, -0.15) is 0 Å². The minimum Gasteiger partial charge on any atom is -0.487 e. The van der Waals surface area contributed by atoms with Gasteiger partial charge in [-0.15, -0.1) is 11.3 Å². The molecule has 3 rings (SSSR count). The summed E-state index contributed by atoms with van der Waals surface area (Å²) >= 11 is 3.81. The van der Waals surface area contributed by atoms with Crippen molar-refractivity contribution in [3.05, 3.63) is 79.8 Å². The fraction of sp³-hybridized carbons (Fsp3) is 0.100. The van der Waals surface area contributed by atoms with Crippen molar-refractivity contribution in [1.82, 2.24) is 4.98 Å². The molecule has 0 bridgehead atoms. The van der Waals surface area contributed by atoms with Crippen LogP contribution in [0.2, 0.25) is 0 Å². The zero-order valence-corrected chi connectivity index (χ0v) is 17.1. The molecule has 2 aromatic carbocycles. The second-order valence-electron chi connectivity index (χ2n) is 5.52. The summed E-state index contributed by atoms with van der Waals surface area (Å²) in [6, 6.07) is 15.3. The number of aryl methyl sites for hydroxylation is 1. The van der Waals surface area contributed by atoms with Crippen molar-refractivity contribution in [3.8, 4) is 5.75 Å². The molecule has 26 heavy (non-hydrogen) atoms. The van der Waals surface area contributed by atoms with Crippen LogP contribution < -0.4 is 10.1 Å². The lowest BCUT2D eigenvalue weighted by atomic mass is 10.2. The quantitative estimate of drug-likeness (QED) is 0.389. The molecule has 3 aromatic rings. The lowest BCUT2D eigenvalue weighted by Gasteiger charge is -2.05. The first-order valence-electron chi connectivity index (χ1n) is 7.97. The number of aromatic nitrogens is 1. The number of anilines is 1. The number of para-hydroxylation sites is 1. The minimum atomic E-state index is -0.159. The number of ether oxygens (including phenoxy) is 1. The molecule has 1 N–H and O–H groups in total. The Morgan fingerprint density at radius 3 is 2.69 bits per heavy atom. The molecule has 0 unspecified atom stereocenters. The number of hydrogen-bond donors (Lipinski definition) is 1. The Bertz CT molecular complexity index is 920. The molecule has 0 saturated heterocycles. The van der Waals surface area contributed by atoms with Gasteiger partial charge in [-0.1, -0.05) is 24.3 Å². The topological polar surface area (TPSA) is 51.2 Å². The van der Waals surface area contributed by atoms with Gasteiger partial charge in [0.1, 0.15) is 12.4 Å². The van der Waals surface area contributed by atoms with E-state index >= 15 is 0 Å². The van der Waals surface area contributed by atoms with Crippen LogP contribution in [0, 0.1) is 10.5 Å². The molecule has 4 nitrogen and oxygen atoms in total. The summed E-state index contributed by atoms with van der Waals surface area (Å²) in [5, 5.41) is 5.90. The van der Waals surface area contributed by atoms with Crippen molar-refractivity contribution in [2.75, 3.05) is 5.32 Å². The first-order valence-corrected chi connectivity index (χ1v) is 9.93. The van der Waals surface area contributed by atoms with Crippen molar-refractivity contribution in [1.29, 1.82) is 0 Å². The van der Waals surface area contributed by atoms with Crippen molar-refractivity contribution in [3.63, 3.8) is 0 Å². The summed E-state index contributed by atoms with van der Waals surface area (Å²) in [6.45, 7) is 2.43. The number of carbonyl (C=O) groups excluding carboxylic acids is 1. The third-order valence-electron chi connectivity index (χ3n) is 3.49. The van der Waals surface area contributed by atoms with Gasteiger partial charge in [0.15, 0.2) is 0 Å². The normalized spacial score (nSPS) is 10.8. The third kappa shape index (κ3) is 5.40. The van der Waals surface area contributed by atoms with Gasteiger partial charge >= 0.3 is 0 Å². The summed E-state index contributed by atoms with van der Waals surface area (Å²) in [4.78, 5) is 16.4.